The third kappa shape index (κ3) is 3.11. The zero-order valence-electron chi connectivity index (χ0n) is 13.3. The van der Waals surface area contributed by atoms with Crippen molar-refractivity contribution in [2.24, 2.45) is 0 Å². The summed E-state index contributed by atoms with van der Waals surface area (Å²) in [6, 6.07) is 14.2. The van der Waals surface area contributed by atoms with Crippen LogP contribution in [0, 0.1) is 6.20 Å². The predicted molar refractivity (Wildman–Crippen MR) is 92.9 cm³/mol. The molecule has 1 radical (unpaired) electrons. The van der Waals surface area contributed by atoms with E-state index in [0.717, 1.165) is 28.7 Å². The number of fused-ring (bicyclic) bond motifs is 1. The van der Waals surface area contributed by atoms with Gasteiger partial charge in [-0.05, 0) is 24.3 Å². The lowest BCUT2D eigenvalue weighted by Crippen LogP contribution is -2.04. The topological polar surface area (TPSA) is 53.6 Å². The third-order valence-corrected chi connectivity index (χ3v) is 3.96. The summed E-state index contributed by atoms with van der Waals surface area (Å²) in [5.41, 5.74) is 2.13. The molecule has 129 valence electrons. The lowest BCUT2D eigenvalue weighted by Gasteiger charge is -2.09. The van der Waals surface area contributed by atoms with Crippen molar-refractivity contribution < 1.29 is 13.2 Å². The standard InChI is InChI=1S/C19H12F3N4/c20-19(21,22)14-6-4-12(5-7-14)16-10-17(25-11-24-16)26-15-3-1-2-13-8-9-23-18(13)15/h1-8,10-11,23H,(H,24,25,26). The zero-order chi connectivity index (χ0) is 18.1. The Morgan fingerprint density at radius 1 is 1.00 bits per heavy atom. The molecule has 0 saturated heterocycles. The Morgan fingerprint density at radius 3 is 2.58 bits per heavy atom. The van der Waals surface area contributed by atoms with Gasteiger partial charge in [0.05, 0.1) is 28.7 Å². The number of para-hydroxylation sites is 1. The number of hydrogen-bond acceptors (Lipinski definition) is 3. The van der Waals surface area contributed by atoms with Crippen LogP contribution < -0.4 is 5.32 Å². The molecule has 0 bridgehead atoms. The third-order valence-electron chi connectivity index (χ3n) is 3.96. The molecule has 2 heterocycles. The summed E-state index contributed by atoms with van der Waals surface area (Å²) in [5, 5.41) is 4.20. The number of alkyl halides is 3. The van der Waals surface area contributed by atoms with Crippen LogP contribution in [0.2, 0.25) is 0 Å². The van der Waals surface area contributed by atoms with E-state index < -0.39 is 11.7 Å². The van der Waals surface area contributed by atoms with E-state index in [2.05, 4.69) is 26.5 Å². The quantitative estimate of drug-likeness (QED) is 0.533. The van der Waals surface area contributed by atoms with Crippen LogP contribution in [0.25, 0.3) is 22.2 Å². The van der Waals surface area contributed by atoms with E-state index in [1.807, 2.05) is 24.3 Å². The molecule has 4 rings (SSSR count). The van der Waals surface area contributed by atoms with Crippen LogP contribution in [-0.2, 0) is 6.18 Å². The van der Waals surface area contributed by atoms with Gasteiger partial charge in [-0.25, -0.2) is 9.97 Å². The number of rotatable bonds is 3. The van der Waals surface area contributed by atoms with Crippen LogP contribution in [0.1, 0.15) is 5.56 Å². The van der Waals surface area contributed by atoms with Gasteiger partial charge in [0, 0.05) is 17.0 Å². The van der Waals surface area contributed by atoms with Crippen molar-refractivity contribution >= 4 is 22.4 Å². The molecule has 0 spiro atoms. The molecule has 4 nitrogen and oxygen atoms in total. The molecular formula is C19H12F3N4. The Morgan fingerprint density at radius 2 is 1.81 bits per heavy atom. The molecule has 2 aromatic heterocycles. The number of halogens is 3. The minimum absolute atomic E-state index is 0.529. The summed E-state index contributed by atoms with van der Waals surface area (Å²) in [5.74, 6) is 0.539. The van der Waals surface area contributed by atoms with Crippen molar-refractivity contribution in [3.8, 4) is 11.3 Å². The normalized spacial score (nSPS) is 11.7. The fraction of sp³-hybridized carbons (Fsp3) is 0.0526. The summed E-state index contributed by atoms with van der Waals surface area (Å²) in [7, 11) is 0. The smallest absolute Gasteiger partial charge is 0.352 e. The molecule has 0 amide bonds. The van der Waals surface area contributed by atoms with Crippen molar-refractivity contribution in [1.82, 2.24) is 15.0 Å². The van der Waals surface area contributed by atoms with Crippen molar-refractivity contribution in [3.63, 3.8) is 0 Å². The summed E-state index contributed by atoms with van der Waals surface area (Å²) >= 11 is 0. The Kier molecular flexibility index (Phi) is 3.84. The fourth-order valence-electron chi connectivity index (χ4n) is 2.67. The molecule has 0 aliphatic carbocycles. The molecular weight excluding hydrogens is 341 g/mol. The number of hydrogen-bond donors (Lipinski definition) is 2. The Hall–Kier alpha value is -3.35. The van der Waals surface area contributed by atoms with Crippen LogP contribution in [-0.4, -0.2) is 15.0 Å². The first-order valence-corrected chi connectivity index (χ1v) is 7.75. The van der Waals surface area contributed by atoms with Crippen LogP contribution in [0.4, 0.5) is 24.7 Å². The van der Waals surface area contributed by atoms with Crippen LogP contribution in [0.5, 0.6) is 0 Å². The van der Waals surface area contributed by atoms with Gasteiger partial charge in [0.1, 0.15) is 12.1 Å². The second-order valence-corrected chi connectivity index (χ2v) is 5.67. The van der Waals surface area contributed by atoms with E-state index in [-0.39, 0.29) is 0 Å². The van der Waals surface area contributed by atoms with Crippen molar-refractivity contribution in [2.45, 2.75) is 6.18 Å². The van der Waals surface area contributed by atoms with E-state index in [1.54, 1.807) is 6.07 Å². The summed E-state index contributed by atoms with van der Waals surface area (Å²) < 4.78 is 38.1. The predicted octanol–water partition coefficient (Wildman–Crippen LogP) is 5.19. The second kappa shape index (κ2) is 6.18. The number of aromatic amines is 1. The lowest BCUT2D eigenvalue weighted by molar-refractivity contribution is -0.137. The number of H-pyrrole nitrogens is 1. The fourth-order valence-corrected chi connectivity index (χ4v) is 2.67. The number of nitrogens with zero attached hydrogens (tertiary/aromatic N) is 2. The van der Waals surface area contributed by atoms with Crippen molar-refractivity contribution in [3.05, 3.63) is 72.7 Å². The molecule has 0 atom stereocenters. The SMILES string of the molecule is FC(F)(F)c1ccc(-c2cc(Nc3cccc4c[c][nH]c34)ncn2)cc1. The van der Waals surface area contributed by atoms with Gasteiger partial charge in [0.15, 0.2) is 0 Å². The maximum absolute atomic E-state index is 12.7. The Labute approximate surface area is 146 Å². The first-order chi connectivity index (χ1) is 12.5. The van der Waals surface area contributed by atoms with Crippen LogP contribution in [0.15, 0.2) is 60.9 Å². The van der Waals surface area contributed by atoms with Gasteiger partial charge in [-0.3, -0.25) is 0 Å². The highest BCUT2D eigenvalue weighted by molar-refractivity contribution is 5.92. The molecule has 26 heavy (non-hydrogen) atoms. The van der Waals surface area contributed by atoms with Gasteiger partial charge in [-0.15, -0.1) is 0 Å². The van der Waals surface area contributed by atoms with Gasteiger partial charge < -0.3 is 10.3 Å². The van der Waals surface area contributed by atoms with Crippen molar-refractivity contribution in [2.75, 3.05) is 5.32 Å². The first kappa shape index (κ1) is 16.1. The van der Waals surface area contributed by atoms with Crippen molar-refractivity contribution in [1.29, 1.82) is 0 Å². The zero-order valence-corrected chi connectivity index (χ0v) is 13.3. The van der Waals surface area contributed by atoms with Gasteiger partial charge >= 0.3 is 6.18 Å². The molecule has 0 aliphatic rings. The molecule has 0 fully saturated rings. The first-order valence-electron chi connectivity index (χ1n) is 7.75. The number of aromatic nitrogens is 3. The van der Waals surface area contributed by atoms with Gasteiger partial charge in [0.2, 0.25) is 0 Å². The average Bonchev–Trinajstić information content (AvgIpc) is 3.11. The van der Waals surface area contributed by atoms with Crippen LogP contribution >= 0.6 is 0 Å². The number of nitrogens with one attached hydrogen (secondary N) is 2. The summed E-state index contributed by atoms with van der Waals surface area (Å²) in [6.07, 6.45) is -0.0583. The van der Waals surface area contributed by atoms with Crippen LogP contribution in [0.3, 0.4) is 0 Å². The monoisotopic (exact) mass is 353 g/mol. The van der Waals surface area contributed by atoms with E-state index in [1.165, 1.54) is 18.5 Å². The molecule has 4 aromatic rings. The Balaban J connectivity index is 1.64. The molecule has 0 unspecified atom stereocenters. The molecule has 0 saturated carbocycles. The van der Waals surface area contributed by atoms with Gasteiger partial charge in [-0.2, -0.15) is 13.2 Å². The molecule has 2 N–H and O–H groups in total. The molecule has 0 aliphatic heterocycles. The number of benzene rings is 2. The highest BCUT2D eigenvalue weighted by atomic mass is 19.4. The van der Waals surface area contributed by atoms with E-state index >= 15 is 0 Å². The molecule has 7 heteroatoms. The van der Waals surface area contributed by atoms with E-state index in [9.17, 15) is 13.2 Å². The summed E-state index contributed by atoms with van der Waals surface area (Å²) in [6.45, 7) is 0. The minimum Gasteiger partial charge on any atom is -0.352 e. The maximum Gasteiger partial charge on any atom is 0.416 e. The maximum atomic E-state index is 12.7. The summed E-state index contributed by atoms with van der Waals surface area (Å²) in [4.78, 5) is 11.4. The average molecular weight is 353 g/mol. The van der Waals surface area contributed by atoms with E-state index in [0.29, 0.717) is 17.1 Å². The highest BCUT2D eigenvalue weighted by Crippen LogP contribution is 2.31. The van der Waals surface area contributed by atoms with E-state index in [4.69, 9.17) is 0 Å². The second-order valence-electron chi connectivity index (χ2n) is 5.67. The Bertz CT molecular complexity index is 1050. The number of anilines is 2. The van der Waals surface area contributed by atoms with Gasteiger partial charge in [-0.1, -0.05) is 24.3 Å². The lowest BCUT2D eigenvalue weighted by atomic mass is 10.1. The highest BCUT2D eigenvalue weighted by Gasteiger charge is 2.30. The minimum atomic E-state index is -4.36. The molecule has 2 aromatic carbocycles. The largest absolute Gasteiger partial charge is 0.416 e. The van der Waals surface area contributed by atoms with Gasteiger partial charge in [0.25, 0.3) is 0 Å².